The number of nitrogens with one attached hydrogen (secondary N) is 1. The number of benzene rings is 1. The van der Waals surface area contributed by atoms with Crippen molar-refractivity contribution in [1.82, 2.24) is 14.7 Å². The van der Waals surface area contributed by atoms with E-state index in [0.29, 0.717) is 23.1 Å². The lowest BCUT2D eigenvalue weighted by atomic mass is 10.2. The molecule has 1 N–H and O–H groups in total. The summed E-state index contributed by atoms with van der Waals surface area (Å²) < 4.78 is 12.7. The van der Waals surface area contributed by atoms with Gasteiger partial charge in [-0.25, -0.2) is 4.98 Å². The van der Waals surface area contributed by atoms with Crippen LogP contribution in [0.2, 0.25) is 5.02 Å². The maximum atomic E-state index is 12.1. The number of fused-ring (bicyclic) bond motifs is 1. The summed E-state index contributed by atoms with van der Waals surface area (Å²) in [6, 6.07) is 9.13. The molecule has 2 heterocycles. The average Bonchev–Trinajstić information content (AvgIpc) is 3.07. The third kappa shape index (κ3) is 4.80. The molecule has 27 heavy (non-hydrogen) atoms. The molecule has 0 fully saturated rings. The average molecular weight is 386 g/mol. The molecule has 0 saturated heterocycles. The monoisotopic (exact) mass is 385 g/mol. The third-order valence-electron chi connectivity index (χ3n) is 3.84. The Balaban J connectivity index is 1.56. The van der Waals surface area contributed by atoms with Gasteiger partial charge in [-0.15, -0.1) is 0 Å². The molecule has 1 aromatic carbocycles. The summed E-state index contributed by atoms with van der Waals surface area (Å²) in [6.07, 6.45) is 7.49. The van der Waals surface area contributed by atoms with Crippen molar-refractivity contribution in [3.05, 3.63) is 65.1 Å². The number of aromatic nitrogens is 2. The van der Waals surface area contributed by atoms with Crippen molar-refractivity contribution in [3.8, 4) is 11.5 Å². The predicted octanol–water partition coefficient (Wildman–Crippen LogP) is 3.72. The minimum absolute atomic E-state index is 0.113. The lowest BCUT2D eigenvalue weighted by molar-refractivity contribution is -0.123. The number of nitrogens with zero attached hydrogens (tertiary/aromatic N) is 2. The number of methoxy groups -OCH3 is 1. The minimum Gasteiger partial charge on any atom is -0.493 e. The van der Waals surface area contributed by atoms with Crippen LogP contribution < -0.4 is 14.8 Å². The lowest BCUT2D eigenvalue weighted by Gasteiger charge is -2.11. The Bertz CT molecular complexity index is 982. The van der Waals surface area contributed by atoms with Crippen molar-refractivity contribution in [3.63, 3.8) is 0 Å². The van der Waals surface area contributed by atoms with Crippen LogP contribution in [-0.4, -0.2) is 29.0 Å². The van der Waals surface area contributed by atoms with E-state index in [4.69, 9.17) is 21.1 Å². The number of imidazole rings is 1. The zero-order valence-corrected chi connectivity index (χ0v) is 15.9. The van der Waals surface area contributed by atoms with Gasteiger partial charge in [0.2, 0.25) is 0 Å². The topological polar surface area (TPSA) is 64.9 Å². The molecule has 0 saturated carbocycles. The number of carbonyl (C=O) groups excluding carboxylic acids is 1. The molecular weight excluding hydrogens is 366 g/mol. The van der Waals surface area contributed by atoms with E-state index in [0.717, 1.165) is 16.9 Å². The fraction of sp³-hybridized carbons (Fsp3) is 0.200. The first-order valence-corrected chi connectivity index (χ1v) is 8.80. The number of hydrogen-bond acceptors (Lipinski definition) is 4. The number of pyridine rings is 1. The normalized spacial score (nSPS) is 11.1. The summed E-state index contributed by atoms with van der Waals surface area (Å²) in [5.74, 6) is 0.851. The Morgan fingerprint density at radius 3 is 2.89 bits per heavy atom. The molecule has 2 aromatic heterocycles. The van der Waals surface area contributed by atoms with Crippen LogP contribution in [0.5, 0.6) is 11.5 Å². The zero-order chi connectivity index (χ0) is 19.2. The highest BCUT2D eigenvalue weighted by Crippen LogP contribution is 2.28. The highest BCUT2D eigenvalue weighted by Gasteiger charge is 2.09. The molecule has 6 nitrogen and oxygen atoms in total. The van der Waals surface area contributed by atoms with Gasteiger partial charge in [-0.3, -0.25) is 4.79 Å². The number of ether oxygens (including phenoxy) is 2. The van der Waals surface area contributed by atoms with Gasteiger partial charge >= 0.3 is 0 Å². The van der Waals surface area contributed by atoms with Gasteiger partial charge in [-0.1, -0.05) is 29.8 Å². The molecule has 140 valence electrons. The van der Waals surface area contributed by atoms with Crippen molar-refractivity contribution in [1.29, 1.82) is 0 Å². The van der Waals surface area contributed by atoms with Gasteiger partial charge in [0.05, 0.1) is 24.4 Å². The van der Waals surface area contributed by atoms with E-state index < -0.39 is 0 Å². The number of halogens is 1. The van der Waals surface area contributed by atoms with Crippen molar-refractivity contribution in [2.75, 3.05) is 13.7 Å². The van der Waals surface area contributed by atoms with E-state index in [1.807, 2.05) is 47.9 Å². The summed E-state index contributed by atoms with van der Waals surface area (Å²) in [4.78, 5) is 16.5. The summed E-state index contributed by atoms with van der Waals surface area (Å²) in [7, 11) is 1.57. The molecule has 1 amide bonds. The van der Waals surface area contributed by atoms with Crippen LogP contribution in [0.1, 0.15) is 18.2 Å². The van der Waals surface area contributed by atoms with E-state index >= 15 is 0 Å². The molecule has 0 spiro atoms. The number of rotatable bonds is 7. The Morgan fingerprint density at radius 1 is 1.26 bits per heavy atom. The lowest BCUT2D eigenvalue weighted by Crippen LogP contribution is -2.28. The standard InChI is InChI=1S/C20H20ClN3O3/c1-3-4-14-5-7-17(18(9-14)26-2)27-13-20(25)22-10-16-12-24-11-15(21)6-8-19(24)23-16/h3-9,11-12H,10,13H2,1-2H3,(H,22,25)/b4-3+. The van der Waals surface area contributed by atoms with E-state index in [1.54, 1.807) is 25.4 Å². The fourth-order valence-corrected chi connectivity index (χ4v) is 2.75. The molecule has 7 heteroatoms. The second kappa shape index (κ2) is 8.60. The Kier molecular flexibility index (Phi) is 5.98. The van der Waals surface area contributed by atoms with Gasteiger partial charge in [0, 0.05) is 12.4 Å². The molecule has 0 bridgehead atoms. The summed E-state index contributed by atoms with van der Waals surface area (Å²) >= 11 is 5.96. The van der Waals surface area contributed by atoms with Gasteiger partial charge in [-0.05, 0) is 36.8 Å². The van der Waals surface area contributed by atoms with Crippen LogP contribution in [-0.2, 0) is 11.3 Å². The molecular formula is C20H20ClN3O3. The summed E-state index contributed by atoms with van der Waals surface area (Å²) in [6.45, 7) is 2.14. The second-order valence-electron chi connectivity index (χ2n) is 5.82. The van der Waals surface area contributed by atoms with Crippen molar-refractivity contribution >= 4 is 29.2 Å². The van der Waals surface area contributed by atoms with E-state index in [9.17, 15) is 4.79 Å². The first-order chi connectivity index (χ1) is 13.1. The van der Waals surface area contributed by atoms with Gasteiger partial charge < -0.3 is 19.2 Å². The van der Waals surface area contributed by atoms with Crippen LogP contribution >= 0.6 is 11.6 Å². The highest BCUT2D eigenvalue weighted by molar-refractivity contribution is 6.30. The van der Waals surface area contributed by atoms with Gasteiger partial charge in [0.1, 0.15) is 5.65 Å². The van der Waals surface area contributed by atoms with E-state index in [-0.39, 0.29) is 12.5 Å². The first-order valence-electron chi connectivity index (χ1n) is 8.42. The SMILES string of the molecule is C/C=C/c1ccc(OCC(=O)NCc2cn3cc(Cl)ccc3n2)c(OC)c1. The quantitative estimate of drug-likeness (QED) is 0.673. The van der Waals surface area contributed by atoms with Crippen LogP contribution in [0.3, 0.4) is 0 Å². The van der Waals surface area contributed by atoms with Crippen LogP contribution in [0, 0.1) is 0 Å². The van der Waals surface area contributed by atoms with Gasteiger partial charge in [0.25, 0.3) is 5.91 Å². The van der Waals surface area contributed by atoms with Gasteiger partial charge in [-0.2, -0.15) is 0 Å². The first kappa shape index (κ1) is 18.8. The fourth-order valence-electron chi connectivity index (χ4n) is 2.59. The van der Waals surface area contributed by atoms with Gasteiger partial charge in [0.15, 0.2) is 18.1 Å². The molecule has 0 aliphatic heterocycles. The number of amides is 1. The Morgan fingerprint density at radius 2 is 2.11 bits per heavy atom. The highest BCUT2D eigenvalue weighted by atomic mass is 35.5. The molecule has 0 atom stereocenters. The van der Waals surface area contributed by atoms with Crippen molar-refractivity contribution < 1.29 is 14.3 Å². The Labute approximate surface area is 162 Å². The molecule has 3 aromatic rings. The second-order valence-corrected chi connectivity index (χ2v) is 6.26. The number of hydrogen-bond donors (Lipinski definition) is 1. The summed E-state index contributed by atoms with van der Waals surface area (Å²) in [5.41, 5.74) is 2.50. The number of allylic oxidation sites excluding steroid dienone is 1. The van der Waals surface area contributed by atoms with E-state index in [2.05, 4.69) is 10.3 Å². The Hall–Kier alpha value is -2.99. The molecule has 0 aliphatic rings. The predicted molar refractivity (Wildman–Crippen MR) is 105 cm³/mol. The largest absolute Gasteiger partial charge is 0.493 e. The molecule has 0 aliphatic carbocycles. The van der Waals surface area contributed by atoms with Crippen molar-refractivity contribution in [2.45, 2.75) is 13.5 Å². The molecule has 3 rings (SSSR count). The smallest absolute Gasteiger partial charge is 0.258 e. The van der Waals surface area contributed by atoms with Crippen LogP contribution in [0.15, 0.2) is 48.8 Å². The molecule has 0 radical (unpaired) electrons. The summed E-state index contributed by atoms with van der Waals surface area (Å²) in [5, 5.41) is 3.41. The minimum atomic E-state index is -0.246. The maximum absolute atomic E-state index is 12.1. The van der Waals surface area contributed by atoms with E-state index in [1.165, 1.54) is 0 Å². The zero-order valence-electron chi connectivity index (χ0n) is 15.1. The van der Waals surface area contributed by atoms with Crippen molar-refractivity contribution in [2.24, 2.45) is 0 Å². The third-order valence-corrected chi connectivity index (χ3v) is 4.06. The van der Waals surface area contributed by atoms with Crippen LogP contribution in [0.25, 0.3) is 11.7 Å². The molecule has 0 unspecified atom stereocenters. The van der Waals surface area contributed by atoms with Crippen LogP contribution in [0.4, 0.5) is 0 Å². The maximum Gasteiger partial charge on any atom is 0.258 e. The number of carbonyl (C=O) groups is 1.